The van der Waals surface area contributed by atoms with Crippen LogP contribution in [-0.4, -0.2) is 25.6 Å². The van der Waals surface area contributed by atoms with Crippen LogP contribution in [0.5, 0.6) is 5.75 Å². The van der Waals surface area contributed by atoms with Crippen molar-refractivity contribution in [1.29, 1.82) is 0 Å². The molecule has 0 radical (unpaired) electrons. The van der Waals surface area contributed by atoms with Gasteiger partial charge in [-0.05, 0) is 31.4 Å². The van der Waals surface area contributed by atoms with Crippen molar-refractivity contribution in [1.82, 2.24) is 0 Å². The Labute approximate surface area is 95.4 Å². The van der Waals surface area contributed by atoms with Gasteiger partial charge < -0.3 is 9.47 Å². The molecular weight excluding hydrogens is 204 g/mol. The smallest absolute Gasteiger partial charge is 0.150 e. The molecule has 16 heavy (non-hydrogen) atoms. The van der Waals surface area contributed by atoms with E-state index in [-0.39, 0.29) is 6.10 Å². The Morgan fingerprint density at radius 2 is 2.38 bits per heavy atom. The highest BCUT2D eigenvalue weighted by atomic mass is 16.5. The van der Waals surface area contributed by atoms with Crippen LogP contribution in [0.3, 0.4) is 0 Å². The molecular formula is C13H16O3. The zero-order valence-corrected chi connectivity index (χ0v) is 9.22. The monoisotopic (exact) mass is 220 g/mol. The van der Waals surface area contributed by atoms with E-state index in [1.165, 1.54) is 6.42 Å². The molecule has 86 valence electrons. The second-order valence-electron chi connectivity index (χ2n) is 3.99. The zero-order chi connectivity index (χ0) is 11.2. The third-order valence-corrected chi connectivity index (χ3v) is 2.70. The average molecular weight is 220 g/mol. The summed E-state index contributed by atoms with van der Waals surface area (Å²) in [5.41, 5.74) is 0.641. The molecule has 0 aromatic heterocycles. The third-order valence-electron chi connectivity index (χ3n) is 2.70. The summed E-state index contributed by atoms with van der Waals surface area (Å²) in [5.74, 6) is 0.735. The number of carbonyl (C=O) groups is 1. The van der Waals surface area contributed by atoms with Crippen molar-refractivity contribution >= 4 is 6.29 Å². The molecule has 1 aromatic rings. The standard InChI is InChI=1S/C13H16O3/c14-9-11-4-3-6-12(8-11)16-10-13-5-1-2-7-15-13/h3-4,6,8-9,13H,1-2,5,7,10H2/t13-/m1/s1. The Morgan fingerprint density at radius 1 is 1.44 bits per heavy atom. The van der Waals surface area contributed by atoms with Crippen LogP contribution in [0.4, 0.5) is 0 Å². The lowest BCUT2D eigenvalue weighted by atomic mass is 10.1. The summed E-state index contributed by atoms with van der Waals surface area (Å²) in [7, 11) is 0. The summed E-state index contributed by atoms with van der Waals surface area (Å²) in [5, 5.41) is 0. The quantitative estimate of drug-likeness (QED) is 0.731. The van der Waals surface area contributed by atoms with Crippen LogP contribution in [-0.2, 0) is 4.74 Å². The van der Waals surface area contributed by atoms with Crippen LogP contribution in [0.25, 0.3) is 0 Å². The molecule has 1 atom stereocenters. The first-order chi connectivity index (χ1) is 7.88. The van der Waals surface area contributed by atoms with Gasteiger partial charge in [0.05, 0.1) is 6.10 Å². The maximum Gasteiger partial charge on any atom is 0.150 e. The van der Waals surface area contributed by atoms with E-state index in [1.807, 2.05) is 12.1 Å². The van der Waals surface area contributed by atoms with Crippen molar-refractivity contribution in [3.63, 3.8) is 0 Å². The number of carbonyl (C=O) groups excluding carboxylic acids is 1. The SMILES string of the molecule is O=Cc1cccc(OC[C@H]2CCCCO2)c1. The van der Waals surface area contributed by atoms with E-state index in [2.05, 4.69) is 0 Å². The van der Waals surface area contributed by atoms with E-state index in [1.54, 1.807) is 12.1 Å². The molecule has 0 unspecified atom stereocenters. The van der Waals surface area contributed by atoms with Gasteiger partial charge in [0.25, 0.3) is 0 Å². The molecule has 0 saturated carbocycles. The molecule has 0 amide bonds. The van der Waals surface area contributed by atoms with Crippen molar-refractivity contribution in [3.8, 4) is 5.75 Å². The van der Waals surface area contributed by atoms with Gasteiger partial charge in [-0.1, -0.05) is 12.1 Å². The summed E-state index contributed by atoms with van der Waals surface area (Å²) in [4.78, 5) is 10.6. The summed E-state index contributed by atoms with van der Waals surface area (Å²) in [6, 6.07) is 7.18. The van der Waals surface area contributed by atoms with Gasteiger partial charge in [-0.25, -0.2) is 0 Å². The van der Waals surface area contributed by atoms with Crippen LogP contribution in [0.15, 0.2) is 24.3 Å². The molecule has 3 heteroatoms. The minimum atomic E-state index is 0.202. The Kier molecular flexibility index (Phi) is 3.94. The number of hydrogen-bond donors (Lipinski definition) is 0. The first kappa shape index (κ1) is 11.1. The van der Waals surface area contributed by atoms with Gasteiger partial charge >= 0.3 is 0 Å². The first-order valence-corrected chi connectivity index (χ1v) is 5.68. The van der Waals surface area contributed by atoms with Gasteiger partial charge in [0.2, 0.25) is 0 Å². The molecule has 0 N–H and O–H groups in total. The van der Waals surface area contributed by atoms with E-state index in [0.717, 1.165) is 31.5 Å². The predicted molar refractivity (Wildman–Crippen MR) is 60.9 cm³/mol. The predicted octanol–water partition coefficient (Wildman–Crippen LogP) is 2.45. The third kappa shape index (κ3) is 3.07. The molecule has 1 saturated heterocycles. The van der Waals surface area contributed by atoms with E-state index >= 15 is 0 Å². The lowest BCUT2D eigenvalue weighted by molar-refractivity contribution is -0.0110. The topological polar surface area (TPSA) is 35.5 Å². The molecule has 1 aromatic carbocycles. The number of ether oxygens (including phenoxy) is 2. The van der Waals surface area contributed by atoms with Crippen molar-refractivity contribution in [2.24, 2.45) is 0 Å². The first-order valence-electron chi connectivity index (χ1n) is 5.68. The molecule has 2 rings (SSSR count). The van der Waals surface area contributed by atoms with E-state index in [9.17, 15) is 4.79 Å². The fourth-order valence-electron chi connectivity index (χ4n) is 1.81. The molecule has 0 aliphatic carbocycles. The molecule has 0 bridgehead atoms. The number of benzene rings is 1. The van der Waals surface area contributed by atoms with Crippen molar-refractivity contribution in [2.75, 3.05) is 13.2 Å². The van der Waals surface area contributed by atoms with Crippen LogP contribution in [0.1, 0.15) is 29.6 Å². The van der Waals surface area contributed by atoms with Gasteiger partial charge in [-0.3, -0.25) is 4.79 Å². The normalized spacial score (nSPS) is 20.4. The lowest BCUT2D eigenvalue weighted by Crippen LogP contribution is -2.25. The fourth-order valence-corrected chi connectivity index (χ4v) is 1.81. The van der Waals surface area contributed by atoms with Gasteiger partial charge in [-0.15, -0.1) is 0 Å². The van der Waals surface area contributed by atoms with Crippen molar-refractivity contribution in [3.05, 3.63) is 29.8 Å². The van der Waals surface area contributed by atoms with E-state index in [0.29, 0.717) is 12.2 Å². The Bertz CT molecular complexity index is 343. The van der Waals surface area contributed by atoms with Crippen LogP contribution >= 0.6 is 0 Å². The fraction of sp³-hybridized carbons (Fsp3) is 0.462. The van der Waals surface area contributed by atoms with Gasteiger partial charge in [0.15, 0.2) is 0 Å². The lowest BCUT2D eigenvalue weighted by Gasteiger charge is -2.22. The van der Waals surface area contributed by atoms with Crippen LogP contribution in [0.2, 0.25) is 0 Å². The highest BCUT2D eigenvalue weighted by Gasteiger charge is 2.14. The summed E-state index contributed by atoms with van der Waals surface area (Å²) >= 11 is 0. The van der Waals surface area contributed by atoms with Crippen LogP contribution in [0, 0.1) is 0 Å². The highest BCUT2D eigenvalue weighted by molar-refractivity contribution is 5.75. The number of rotatable bonds is 4. The molecule has 1 heterocycles. The minimum absolute atomic E-state index is 0.202. The molecule has 1 fully saturated rings. The van der Waals surface area contributed by atoms with Crippen LogP contribution < -0.4 is 4.74 Å². The number of aldehydes is 1. The van der Waals surface area contributed by atoms with Crippen molar-refractivity contribution < 1.29 is 14.3 Å². The average Bonchev–Trinajstić information content (AvgIpc) is 2.38. The van der Waals surface area contributed by atoms with Gasteiger partial charge in [0, 0.05) is 12.2 Å². The van der Waals surface area contributed by atoms with Gasteiger partial charge in [-0.2, -0.15) is 0 Å². The molecule has 1 aliphatic rings. The summed E-state index contributed by atoms with van der Waals surface area (Å²) in [6.07, 6.45) is 4.45. The second kappa shape index (κ2) is 5.66. The van der Waals surface area contributed by atoms with Gasteiger partial charge in [0.1, 0.15) is 18.6 Å². The Hall–Kier alpha value is -1.35. The molecule has 1 aliphatic heterocycles. The number of hydrogen-bond acceptors (Lipinski definition) is 3. The van der Waals surface area contributed by atoms with Crippen molar-refractivity contribution in [2.45, 2.75) is 25.4 Å². The Morgan fingerprint density at radius 3 is 3.12 bits per heavy atom. The highest BCUT2D eigenvalue weighted by Crippen LogP contribution is 2.16. The maximum atomic E-state index is 10.6. The zero-order valence-electron chi connectivity index (χ0n) is 9.22. The van der Waals surface area contributed by atoms with E-state index in [4.69, 9.17) is 9.47 Å². The summed E-state index contributed by atoms with van der Waals surface area (Å²) in [6.45, 7) is 1.41. The maximum absolute atomic E-state index is 10.6. The molecule has 0 spiro atoms. The summed E-state index contributed by atoms with van der Waals surface area (Å²) < 4.78 is 11.2. The second-order valence-corrected chi connectivity index (χ2v) is 3.99. The Balaban J connectivity index is 1.85. The largest absolute Gasteiger partial charge is 0.491 e. The van der Waals surface area contributed by atoms with E-state index < -0.39 is 0 Å². The molecule has 3 nitrogen and oxygen atoms in total. The minimum Gasteiger partial charge on any atom is -0.491 e.